The van der Waals surface area contributed by atoms with Crippen LogP contribution in [0, 0.1) is 10.1 Å². The van der Waals surface area contributed by atoms with Crippen LogP contribution in [-0.4, -0.2) is 20.9 Å². The summed E-state index contributed by atoms with van der Waals surface area (Å²) in [5, 5.41) is 22.4. The van der Waals surface area contributed by atoms with Gasteiger partial charge in [0, 0.05) is 17.8 Å². The van der Waals surface area contributed by atoms with Crippen LogP contribution in [0.2, 0.25) is 0 Å². The molecule has 1 aromatic heterocycles. The van der Waals surface area contributed by atoms with Crippen LogP contribution in [0.15, 0.2) is 47.8 Å². The van der Waals surface area contributed by atoms with Gasteiger partial charge in [0.05, 0.1) is 23.4 Å². The lowest BCUT2D eigenvalue weighted by molar-refractivity contribution is -0.385. The number of aromatic nitrogens is 1. The molecule has 0 saturated carbocycles. The molecule has 2 rings (SSSR count). The summed E-state index contributed by atoms with van der Waals surface area (Å²) < 4.78 is 1.77. The molecule has 92 valence electrons. The lowest BCUT2D eigenvalue weighted by atomic mass is 10.2. The van der Waals surface area contributed by atoms with Crippen molar-refractivity contribution in [2.24, 2.45) is 5.16 Å². The molecule has 1 heterocycles. The zero-order chi connectivity index (χ0) is 13.0. The fourth-order valence-corrected chi connectivity index (χ4v) is 1.75. The molecule has 0 spiro atoms. The summed E-state index contributed by atoms with van der Waals surface area (Å²) in [7, 11) is 0. The Balaban J connectivity index is 2.34. The smallest absolute Gasteiger partial charge is 0.274 e. The maximum Gasteiger partial charge on any atom is 0.274 e. The van der Waals surface area contributed by atoms with Crippen molar-refractivity contribution >= 4 is 11.9 Å². The summed E-state index contributed by atoms with van der Waals surface area (Å²) in [5.41, 5.74) is 1.36. The molecule has 0 unspecified atom stereocenters. The number of nitro groups is 1. The van der Waals surface area contributed by atoms with Gasteiger partial charge in [-0.15, -0.1) is 0 Å². The average Bonchev–Trinajstić information content (AvgIpc) is 2.78. The van der Waals surface area contributed by atoms with Gasteiger partial charge >= 0.3 is 0 Å². The molecule has 6 heteroatoms. The number of para-hydroxylation sites is 1. The molecule has 0 radical (unpaired) electrons. The molecule has 0 atom stereocenters. The van der Waals surface area contributed by atoms with Crippen molar-refractivity contribution in [2.75, 3.05) is 0 Å². The van der Waals surface area contributed by atoms with Crippen molar-refractivity contribution in [2.45, 2.75) is 6.54 Å². The average molecular weight is 245 g/mol. The van der Waals surface area contributed by atoms with E-state index in [2.05, 4.69) is 5.16 Å². The van der Waals surface area contributed by atoms with E-state index in [-0.39, 0.29) is 5.69 Å². The predicted molar refractivity (Wildman–Crippen MR) is 66.0 cm³/mol. The van der Waals surface area contributed by atoms with Gasteiger partial charge in [-0.25, -0.2) is 0 Å². The number of benzene rings is 1. The van der Waals surface area contributed by atoms with Gasteiger partial charge in [-0.1, -0.05) is 23.4 Å². The summed E-state index contributed by atoms with van der Waals surface area (Å²) >= 11 is 0. The second-order valence-corrected chi connectivity index (χ2v) is 3.69. The molecule has 0 aliphatic rings. The summed E-state index contributed by atoms with van der Waals surface area (Å²) in [4.78, 5) is 10.5. The Morgan fingerprint density at radius 1 is 1.33 bits per heavy atom. The summed E-state index contributed by atoms with van der Waals surface area (Å²) in [6, 6.07) is 10.1. The van der Waals surface area contributed by atoms with Crippen molar-refractivity contribution in [3.63, 3.8) is 0 Å². The largest absolute Gasteiger partial charge is 0.411 e. The molecule has 0 fully saturated rings. The van der Waals surface area contributed by atoms with E-state index in [1.165, 1.54) is 12.3 Å². The lowest BCUT2D eigenvalue weighted by Crippen LogP contribution is -2.05. The third kappa shape index (κ3) is 2.37. The third-order valence-electron chi connectivity index (χ3n) is 2.58. The van der Waals surface area contributed by atoms with E-state index >= 15 is 0 Å². The SMILES string of the molecule is O=[N+]([O-])c1ccccc1Cn1cccc1/C=N\O. The second kappa shape index (κ2) is 5.13. The van der Waals surface area contributed by atoms with Crippen LogP contribution < -0.4 is 0 Å². The van der Waals surface area contributed by atoms with Crippen LogP contribution >= 0.6 is 0 Å². The maximum absolute atomic E-state index is 10.9. The minimum absolute atomic E-state index is 0.0816. The number of nitrogens with zero attached hydrogens (tertiary/aromatic N) is 3. The van der Waals surface area contributed by atoms with Crippen LogP contribution in [0.1, 0.15) is 11.3 Å². The van der Waals surface area contributed by atoms with Crippen molar-refractivity contribution in [1.29, 1.82) is 0 Å². The Kier molecular flexibility index (Phi) is 3.38. The van der Waals surface area contributed by atoms with E-state index in [9.17, 15) is 10.1 Å². The Bertz CT molecular complexity index is 590. The Morgan fingerprint density at radius 3 is 2.83 bits per heavy atom. The van der Waals surface area contributed by atoms with Crippen LogP contribution in [0.3, 0.4) is 0 Å². The van der Waals surface area contributed by atoms with Gasteiger partial charge in [-0.3, -0.25) is 10.1 Å². The molecule has 1 N–H and O–H groups in total. The van der Waals surface area contributed by atoms with E-state index in [0.29, 0.717) is 17.8 Å². The first-order chi connectivity index (χ1) is 8.72. The molecule has 1 aromatic carbocycles. The van der Waals surface area contributed by atoms with E-state index in [1.54, 1.807) is 41.1 Å². The molecule has 0 bridgehead atoms. The fourth-order valence-electron chi connectivity index (χ4n) is 1.75. The number of rotatable bonds is 4. The zero-order valence-corrected chi connectivity index (χ0v) is 9.43. The highest BCUT2D eigenvalue weighted by molar-refractivity contribution is 5.77. The normalized spacial score (nSPS) is 10.9. The maximum atomic E-state index is 10.9. The monoisotopic (exact) mass is 245 g/mol. The fraction of sp³-hybridized carbons (Fsp3) is 0.0833. The molecular weight excluding hydrogens is 234 g/mol. The summed E-state index contributed by atoms with van der Waals surface area (Å²) in [6.45, 7) is 0.353. The highest BCUT2D eigenvalue weighted by Crippen LogP contribution is 2.19. The number of hydrogen-bond donors (Lipinski definition) is 1. The van der Waals surface area contributed by atoms with Crippen LogP contribution in [-0.2, 0) is 6.54 Å². The molecule has 18 heavy (non-hydrogen) atoms. The molecule has 2 aromatic rings. The van der Waals surface area contributed by atoms with E-state index in [1.807, 2.05) is 0 Å². The van der Waals surface area contributed by atoms with E-state index in [4.69, 9.17) is 5.21 Å². The van der Waals surface area contributed by atoms with Crippen molar-refractivity contribution in [3.8, 4) is 0 Å². The van der Waals surface area contributed by atoms with Crippen LogP contribution in [0.25, 0.3) is 0 Å². The van der Waals surface area contributed by atoms with Crippen LogP contribution in [0.5, 0.6) is 0 Å². The third-order valence-corrected chi connectivity index (χ3v) is 2.58. The number of hydrogen-bond acceptors (Lipinski definition) is 4. The predicted octanol–water partition coefficient (Wildman–Crippen LogP) is 2.25. The first-order valence-corrected chi connectivity index (χ1v) is 5.27. The molecule has 0 aliphatic carbocycles. The second-order valence-electron chi connectivity index (χ2n) is 3.69. The van der Waals surface area contributed by atoms with E-state index in [0.717, 1.165) is 0 Å². The molecular formula is C12H11N3O3. The number of oxime groups is 1. The van der Waals surface area contributed by atoms with Gasteiger partial charge in [-0.05, 0) is 12.1 Å². The van der Waals surface area contributed by atoms with Crippen molar-refractivity contribution in [3.05, 3.63) is 64.0 Å². The molecule has 0 aliphatic heterocycles. The lowest BCUT2D eigenvalue weighted by Gasteiger charge is -2.06. The first kappa shape index (κ1) is 11.8. The zero-order valence-electron chi connectivity index (χ0n) is 9.43. The quantitative estimate of drug-likeness (QED) is 0.388. The van der Waals surface area contributed by atoms with Gasteiger partial charge < -0.3 is 9.77 Å². The standard InChI is InChI=1S/C12H11N3O3/c16-13-8-11-5-3-7-14(11)9-10-4-1-2-6-12(10)15(17)18/h1-8,16H,9H2/b13-8-. The topological polar surface area (TPSA) is 80.7 Å². The van der Waals surface area contributed by atoms with Gasteiger partial charge in [0.15, 0.2) is 0 Å². The van der Waals surface area contributed by atoms with Gasteiger partial charge in [0.25, 0.3) is 5.69 Å². The van der Waals surface area contributed by atoms with Gasteiger partial charge in [0.1, 0.15) is 0 Å². The molecule has 0 amide bonds. The van der Waals surface area contributed by atoms with Crippen molar-refractivity contribution < 1.29 is 10.1 Å². The van der Waals surface area contributed by atoms with Gasteiger partial charge in [0.2, 0.25) is 0 Å². The minimum Gasteiger partial charge on any atom is -0.411 e. The molecule has 0 saturated heterocycles. The van der Waals surface area contributed by atoms with Gasteiger partial charge in [-0.2, -0.15) is 0 Å². The first-order valence-electron chi connectivity index (χ1n) is 5.27. The Labute approximate surface area is 103 Å². The summed E-state index contributed by atoms with van der Waals surface area (Å²) in [6.07, 6.45) is 3.06. The van der Waals surface area contributed by atoms with Crippen molar-refractivity contribution in [1.82, 2.24) is 4.57 Å². The minimum atomic E-state index is -0.404. The Morgan fingerprint density at radius 2 is 2.11 bits per heavy atom. The summed E-state index contributed by atoms with van der Waals surface area (Å²) in [5.74, 6) is 0. The van der Waals surface area contributed by atoms with E-state index < -0.39 is 4.92 Å². The Hall–Kier alpha value is -2.63. The highest BCUT2D eigenvalue weighted by atomic mass is 16.6. The molecule has 6 nitrogen and oxygen atoms in total. The number of nitro benzene ring substituents is 1. The van der Waals surface area contributed by atoms with Crippen LogP contribution in [0.4, 0.5) is 5.69 Å². The highest BCUT2D eigenvalue weighted by Gasteiger charge is 2.13.